The normalized spacial score (nSPS) is 12.5. The molecule has 0 saturated carbocycles. The minimum Gasteiger partial charge on any atom is -0.454 e. The minimum atomic E-state index is 0.123. The van der Waals surface area contributed by atoms with Crippen LogP contribution in [0.4, 0.5) is 0 Å². The van der Waals surface area contributed by atoms with Crippen molar-refractivity contribution >= 4 is 16.8 Å². The van der Waals surface area contributed by atoms with E-state index in [-0.39, 0.29) is 12.7 Å². The van der Waals surface area contributed by atoms with Crippen molar-refractivity contribution in [3.63, 3.8) is 0 Å². The van der Waals surface area contributed by atoms with Gasteiger partial charge in [-0.25, -0.2) is 0 Å². The molecule has 2 aromatic carbocycles. The second-order valence-electron chi connectivity index (χ2n) is 6.55. The van der Waals surface area contributed by atoms with E-state index in [1.807, 2.05) is 55.1 Å². The van der Waals surface area contributed by atoms with Crippen LogP contribution in [0.3, 0.4) is 0 Å². The third-order valence-electron chi connectivity index (χ3n) is 4.90. The van der Waals surface area contributed by atoms with Crippen LogP contribution in [0.5, 0.6) is 11.5 Å². The number of carbonyl (C=O) groups is 1. The molecule has 1 aliphatic rings. The molecule has 0 radical (unpaired) electrons. The Morgan fingerprint density at radius 1 is 1.15 bits per heavy atom. The van der Waals surface area contributed by atoms with Crippen molar-refractivity contribution in [2.75, 3.05) is 13.3 Å². The van der Waals surface area contributed by atoms with E-state index in [1.165, 1.54) is 0 Å². The number of nitrogens with one attached hydrogen (secondary N) is 1. The lowest BCUT2D eigenvalue weighted by atomic mass is 10.1. The molecule has 0 unspecified atom stereocenters. The fourth-order valence-corrected chi connectivity index (χ4v) is 3.46. The molecule has 0 aliphatic carbocycles. The average molecular weight is 350 g/mol. The first kappa shape index (κ1) is 16.5. The first-order valence-corrected chi connectivity index (χ1v) is 8.88. The summed E-state index contributed by atoms with van der Waals surface area (Å²) in [6, 6.07) is 14.0. The third-order valence-corrected chi connectivity index (χ3v) is 4.90. The molecule has 0 atom stereocenters. The monoisotopic (exact) mass is 350 g/mol. The zero-order valence-corrected chi connectivity index (χ0v) is 15.0. The number of ether oxygens (including phenoxy) is 2. The number of carbonyl (C=O) groups excluding carboxylic acids is 1. The van der Waals surface area contributed by atoms with Crippen molar-refractivity contribution in [1.82, 2.24) is 9.88 Å². The van der Waals surface area contributed by atoms with Gasteiger partial charge in [0.25, 0.3) is 0 Å². The Labute approximate surface area is 152 Å². The first-order chi connectivity index (χ1) is 12.7. The van der Waals surface area contributed by atoms with E-state index in [0.29, 0.717) is 19.5 Å². The summed E-state index contributed by atoms with van der Waals surface area (Å²) < 4.78 is 10.8. The molecule has 5 nitrogen and oxygen atoms in total. The van der Waals surface area contributed by atoms with Crippen LogP contribution < -0.4 is 9.47 Å². The van der Waals surface area contributed by atoms with Gasteiger partial charge in [0.05, 0.1) is 6.42 Å². The number of aryl methyl sites for hydroxylation is 1. The molecular weight excluding hydrogens is 328 g/mol. The fourth-order valence-electron chi connectivity index (χ4n) is 3.46. The third kappa shape index (κ3) is 3.01. The molecule has 0 spiro atoms. The van der Waals surface area contributed by atoms with Crippen LogP contribution in [0, 0.1) is 6.92 Å². The van der Waals surface area contributed by atoms with E-state index >= 15 is 0 Å². The lowest BCUT2D eigenvalue weighted by Gasteiger charge is -2.21. The Morgan fingerprint density at radius 2 is 1.96 bits per heavy atom. The Kier molecular flexibility index (Phi) is 4.29. The van der Waals surface area contributed by atoms with Crippen molar-refractivity contribution in [3.8, 4) is 11.5 Å². The van der Waals surface area contributed by atoms with Gasteiger partial charge in [0.2, 0.25) is 12.7 Å². The Bertz CT molecular complexity index is 961. The molecule has 1 amide bonds. The van der Waals surface area contributed by atoms with Crippen molar-refractivity contribution in [1.29, 1.82) is 0 Å². The number of hydrogen-bond donors (Lipinski definition) is 1. The maximum absolute atomic E-state index is 12.9. The van der Waals surface area contributed by atoms with Gasteiger partial charge in [-0.15, -0.1) is 0 Å². The minimum absolute atomic E-state index is 0.123. The fraction of sp³-hybridized carbons (Fsp3) is 0.286. The summed E-state index contributed by atoms with van der Waals surface area (Å²) in [6.45, 7) is 5.51. The standard InChI is InChI=1S/C21H22N2O3/c1-3-23(12-15-8-9-19-20(10-15)26-13-25-19)21(24)11-17-14(2)22-18-7-5-4-6-16(17)18/h4-10,22H,3,11-13H2,1-2H3. The molecule has 5 heteroatoms. The Morgan fingerprint density at radius 3 is 2.81 bits per heavy atom. The molecule has 0 bridgehead atoms. The average Bonchev–Trinajstić information content (AvgIpc) is 3.23. The Hall–Kier alpha value is -2.95. The Balaban J connectivity index is 1.53. The zero-order valence-electron chi connectivity index (χ0n) is 15.0. The van der Waals surface area contributed by atoms with Crippen molar-refractivity contribution in [2.24, 2.45) is 0 Å². The van der Waals surface area contributed by atoms with Crippen molar-refractivity contribution in [3.05, 3.63) is 59.3 Å². The largest absolute Gasteiger partial charge is 0.454 e. The van der Waals surface area contributed by atoms with E-state index in [9.17, 15) is 4.79 Å². The van der Waals surface area contributed by atoms with E-state index in [1.54, 1.807) is 0 Å². The quantitative estimate of drug-likeness (QED) is 0.761. The molecule has 0 fully saturated rings. The molecule has 4 rings (SSSR count). The van der Waals surface area contributed by atoms with E-state index < -0.39 is 0 Å². The lowest BCUT2D eigenvalue weighted by Crippen LogP contribution is -2.31. The number of likely N-dealkylation sites (N-methyl/N-ethyl adjacent to an activating group) is 1. The van der Waals surface area contributed by atoms with Gasteiger partial charge >= 0.3 is 0 Å². The van der Waals surface area contributed by atoms with Crippen LogP contribution in [0.15, 0.2) is 42.5 Å². The summed E-state index contributed by atoms with van der Waals surface area (Å²) in [4.78, 5) is 18.2. The number of amides is 1. The van der Waals surface area contributed by atoms with Gasteiger partial charge in [0.15, 0.2) is 11.5 Å². The number of aromatic amines is 1. The number of hydrogen-bond acceptors (Lipinski definition) is 3. The number of para-hydroxylation sites is 1. The summed E-state index contributed by atoms with van der Waals surface area (Å²) in [6.07, 6.45) is 0.397. The molecule has 2 heterocycles. The SMILES string of the molecule is CCN(Cc1ccc2c(c1)OCO2)C(=O)Cc1c(C)[nH]c2ccccc12. The van der Waals surface area contributed by atoms with Gasteiger partial charge in [0.1, 0.15) is 0 Å². The summed E-state index contributed by atoms with van der Waals surface area (Å²) in [5, 5.41) is 1.12. The first-order valence-electron chi connectivity index (χ1n) is 8.88. The molecule has 134 valence electrons. The van der Waals surface area contributed by atoms with Gasteiger partial charge in [-0.05, 0) is 43.2 Å². The smallest absolute Gasteiger partial charge is 0.231 e. The lowest BCUT2D eigenvalue weighted by molar-refractivity contribution is -0.130. The molecule has 1 N–H and O–H groups in total. The van der Waals surface area contributed by atoms with Gasteiger partial charge in [0, 0.05) is 29.7 Å². The van der Waals surface area contributed by atoms with Gasteiger partial charge in [-0.1, -0.05) is 24.3 Å². The molecule has 1 aromatic heterocycles. The van der Waals surface area contributed by atoms with Gasteiger partial charge in [-0.3, -0.25) is 4.79 Å². The van der Waals surface area contributed by atoms with Crippen LogP contribution in [0.2, 0.25) is 0 Å². The number of rotatable bonds is 5. The molecular formula is C21H22N2O3. The van der Waals surface area contributed by atoms with Crippen LogP contribution >= 0.6 is 0 Å². The number of aromatic nitrogens is 1. The summed E-state index contributed by atoms with van der Waals surface area (Å²) in [5.41, 5.74) is 4.25. The second kappa shape index (κ2) is 6.75. The maximum Gasteiger partial charge on any atom is 0.231 e. The van der Waals surface area contributed by atoms with E-state index in [2.05, 4.69) is 11.1 Å². The predicted octanol–water partition coefficient (Wildman–Crippen LogP) is 3.80. The van der Waals surface area contributed by atoms with E-state index in [4.69, 9.17) is 9.47 Å². The molecule has 26 heavy (non-hydrogen) atoms. The number of H-pyrrole nitrogens is 1. The van der Waals surface area contributed by atoms with Crippen LogP contribution in [0.1, 0.15) is 23.7 Å². The highest BCUT2D eigenvalue weighted by atomic mass is 16.7. The van der Waals surface area contributed by atoms with Crippen LogP contribution in [0.25, 0.3) is 10.9 Å². The van der Waals surface area contributed by atoms with E-state index in [0.717, 1.165) is 39.2 Å². The van der Waals surface area contributed by atoms with Gasteiger partial charge in [-0.2, -0.15) is 0 Å². The summed E-state index contributed by atoms with van der Waals surface area (Å²) in [7, 11) is 0. The number of benzene rings is 2. The molecule has 1 aliphatic heterocycles. The topological polar surface area (TPSA) is 54.6 Å². The second-order valence-corrected chi connectivity index (χ2v) is 6.55. The highest BCUT2D eigenvalue weighted by Gasteiger charge is 2.19. The van der Waals surface area contributed by atoms with Crippen molar-refractivity contribution in [2.45, 2.75) is 26.8 Å². The molecule has 0 saturated heterocycles. The van der Waals surface area contributed by atoms with Crippen LogP contribution in [-0.4, -0.2) is 29.1 Å². The van der Waals surface area contributed by atoms with Crippen molar-refractivity contribution < 1.29 is 14.3 Å². The zero-order chi connectivity index (χ0) is 18.1. The summed E-state index contributed by atoms with van der Waals surface area (Å²) in [5.74, 6) is 1.63. The highest BCUT2D eigenvalue weighted by molar-refractivity contribution is 5.90. The predicted molar refractivity (Wildman–Crippen MR) is 100 cm³/mol. The van der Waals surface area contributed by atoms with Gasteiger partial charge < -0.3 is 19.4 Å². The molecule has 3 aromatic rings. The maximum atomic E-state index is 12.9. The van der Waals surface area contributed by atoms with Crippen LogP contribution in [-0.2, 0) is 17.8 Å². The number of nitrogens with zero attached hydrogens (tertiary/aromatic N) is 1. The highest BCUT2D eigenvalue weighted by Crippen LogP contribution is 2.33. The summed E-state index contributed by atoms with van der Waals surface area (Å²) >= 11 is 0. The number of fused-ring (bicyclic) bond motifs is 2.